The van der Waals surface area contributed by atoms with Crippen LogP contribution in [0.25, 0.3) is 16.7 Å². The van der Waals surface area contributed by atoms with Crippen molar-refractivity contribution in [2.24, 2.45) is 0 Å². The average molecular weight is 365 g/mol. The van der Waals surface area contributed by atoms with Crippen LogP contribution in [0.15, 0.2) is 70.2 Å². The molecule has 0 radical (unpaired) electrons. The lowest BCUT2D eigenvalue weighted by atomic mass is 10.1. The first-order valence-electron chi connectivity index (χ1n) is 8.09. The SMILES string of the molecule is C#C.C=C(\C=C/C(C)=C(C)/C=C(\CO)C(=O)OC)c1nc2ccccc2o1. The first-order chi connectivity index (χ1) is 13.0. The van der Waals surface area contributed by atoms with Gasteiger partial charge in [0, 0.05) is 5.57 Å². The van der Waals surface area contributed by atoms with E-state index >= 15 is 0 Å². The number of nitrogens with zero attached hydrogens (tertiary/aromatic N) is 1. The van der Waals surface area contributed by atoms with Crippen molar-refractivity contribution >= 4 is 22.6 Å². The number of aliphatic hydroxyl groups is 1. The first kappa shape index (κ1) is 21.7. The van der Waals surface area contributed by atoms with E-state index in [1.54, 1.807) is 12.2 Å². The molecule has 0 bridgehead atoms. The number of hydrogen-bond donors (Lipinski definition) is 1. The molecule has 2 rings (SSSR count). The summed E-state index contributed by atoms with van der Waals surface area (Å²) in [6, 6.07) is 7.52. The predicted octanol–water partition coefficient (Wildman–Crippen LogP) is 4.07. The summed E-state index contributed by atoms with van der Waals surface area (Å²) < 4.78 is 10.3. The number of aromatic nitrogens is 1. The Hall–Kier alpha value is -3.36. The summed E-state index contributed by atoms with van der Waals surface area (Å²) in [6.07, 6.45) is 13.3. The molecule has 2 aromatic rings. The largest absolute Gasteiger partial charge is 0.466 e. The minimum atomic E-state index is -0.547. The topological polar surface area (TPSA) is 72.6 Å². The predicted molar refractivity (Wildman–Crippen MR) is 108 cm³/mol. The Bertz CT molecular complexity index is 893. The molecule has 0 spiro atoms. The fourth-order valence-corrected chi connectivity index (χ4v) is 2.11. The molecule has 1 aromatic heterocycles. The highest BCUT2D eigenvalue weighted by Gasteiger charge is 2.09. The minimum Gasteiger partial charge on any atom is -0.466 e. The van der Waals surface area contributed by atoms with Crippen molar-refractivity contribution in [1.82, 2.24) is 4.98 Å². The second-order valence-electron chi connectivity index (χ2n) is 5.53. The molecular formula is C22H23NO4. The lowest BCUT2D eigenvalue weighted by Gasteiger charge is -2.03. The number of para-hydroxylation sites is 2. The van der Waals surface area contributed by atoms with Gasteiger partial charge in [-0.1, -0.05) is 24.8 Å². The standard InChI is InChI=1S/C20H21NO4.C2H2/c1-13(15(3)11-16(12-22)20(23)24-4)9-10-14(2)19-21-17-7-5-6-8-18(17)25-19;1-2/h5-11,22H,2,12H2,1,3-4H3;1-2H/b10-9-,15-13+,16-11+;. The molecule has 1 aromatic carbocycles. The van der Waals surface area contributed by atoms with Crippen LogP contribution in [0.4, 0.5) is 0 Å². The van der Waals surface area contributed by atoms with Gasteiger partial charge in [0.25, 0.3) is 0 Å². The summed E-state index contributed by atoms with van der Waals surface area (Å²) in [4.78, 5) is 15.9. The average Bonchev–Trinajstić information content (AvgIpc) is 3.15. The van der Waals surface area contributed by atoms with E-state index in [4.69, 9.17) is 4.42 Å². The molecule has 0 aliphatic heterocycles. The minimum absolute atomic E-state index is 0.200. The van der Waals surface area contributed by atoms with Crippen molar-refractivity contribution in [1.29, 1.82) is 0 Å². The highest BCUT2D eigenvalue weighted by molar-refractivity contribution is 5.89. The third-order valence-corrected chi connectivity index (χ3v) is 3.73. The molecular weight excluding hydrogens is 342 g/mol. The Kier molecular flexibility index (Phi) is 8.50. The van der Waals surface area contributed by atoms with Crippen LogP contribution in [0.3, 0.4) is 0 Å². The van der Waals surface area contributed by atoms with Gasteiger partial charge in [-0.3, -0.25) is 0 Å². The van der Waals surface area contributed by atoms with Crippen LogP contribution in [0.5, 0.6) is 0 Å². The number of fused-ring (bicyclic) bond motifs is 1. The van der Waals surface area contributed by atoms with E-state index < -0.39 is 5.97 Å². The molecule has 0 aliphatic rings. The molecule has 27 heavy (non-hydrogen) atoms. The van der Waals surface area contributed by atoms with Crippen molar-refractivity contribution in [3.05, 3.63) is 71.7 Å². The smallest absolute Gasteiger partial charge is 0.336 e. The van der Waals surface area contributed by atoms with Gasteiger partial charge in [-0.05, 0) is 49.3 Å². The molecule has 0 atom stereocenters. The monoisotopic (exact) mass is 365 g/mol. The van der Waals surface area contributed by atoms with Crippen LogP contribution >= 0.6 is 0 Å². The third kappa shape index (κ3) is 5.84. The third-order valence-electron chi connectivity index (χ3n) is 3.73. The van der Waals surface area contributed by atoms with Crippen LogP contribution in [0.1, 0.15) is 19.7 Å². The molecule has 1 heterocycles. The molecule has 0 fully saturated rings. The number of esters is 1. The molecule has 0 saturated carbocycles. The fraction of sp³-hybridized carbons (Fsp3) is 0.182. The Balaban J connectivity index is 0.00000176. The summed E-state index contributed by atoms with van der Waals surface area (Å²) in [6.45, 7) is 7.34. The van der Waals surface area contributed by atoms with E-state index in [1.807, 2.05) is 44.2 Å². The molecule has 5 nitrogen and oxygen atoms in total. The van der Waals surface area contributed by atoms with Crippen LogP contribution in [0.2, 0.25) is 0 Å². The Morgan fingerprint density at radius 1 is 1.26 bits per heavy atom. The molecule has 140 valence electrons. The van der Waals surface area contributed by atoms with Crippen LogP contribution < -0.4 is 0 Å². The van der Waals surface area contributed by atoms with Gasteiger partial charge in [0.1, 0.15) is 5.52 Å². The zero-order valence-corrected chi connectivity index (χ0v) is 15.7. The van der Waals surface area contributed by atoms with E-state index in [0.717, 1.165) is 16.7 Å². The van der Waals surface area contributed by atoms with Gasteiger partial charge in [-0.2, -0.15) is 0 Å². The van der Waals surface area contributed by atoms with Crippen molar-refractivity contribution in [3.63, 3.8) is 0 Å². The number of oxazole rings is 1. The number of terminal acetylenes is 1. The molecule has 0 amide bonds. The first-order valence-corrected chi connectivity index (χ1v) is 8.09. The number of aliphatic hydroxyl groups excluding tert-OH is 1. The second-order valence-corrected chi connectivity index (χ2v) is 5.53. The van der Waals surface area contributed by atoms with Crippen LogP contribution in [-0.2, 0) is 9.53 Å². The van der Waals surface area contributed by atoms with Gasteiger partial charge in [0.2, 0.25) is 5.89 Å². The summed E-state index contributed by atoms with van der Waals surface area (Å²) in [5, 5.41) is 9.25. The van der Waals surface area contributed by atoms with E-state index in [2.05, 4.69) is 29.1 Å². The van der Waals surface area contributed by atoms with Crippen molar-refractivity contribution in [3.8, 4) is 12.8 Å². The Morgan fingerprint density at radius 2 is 1.93 bits per heavy atom. The molecule has 0 aliphatic carbocycles. The highest BCUT2D eigenvalue weighted by Crippen LogP contribution is 2.21. The maximum Gasteiger partial charge on any atom is 0.336 e. The highest BCUT2D eigenvalue weighted by atomic mass is 16.5. The van der Waals surface area contributed by atoms with Gasteiger partial charge in [0.05, 0.1) is 19.3 Å². The summed E-state index contributed by atoms with van der Waals surface area (Å²) >= 11 is 0. The van der Waals surface area contributed by atoms with E-state index in [1.165, 1.54) is 7.11 Å². The Morgan fingerprint density at radius 3 is 2.52 bits per heavy atom. The Labute approximate surface area is 159 Å². The maximum absolute atomic E-state index is 11.5. The van der Waals surface area contributed by atoms with Crippen molar-refractivity contribution in [2.45, 2.75) is 13.8 Å². The fourth-order valence-electron chi connectivity index (χ4n) is 2.11. The molecule has 5 heteroatoms. The van der Waals surface area contributed by atoms with Gasteiger partial charge >= 0.3 is 5.97 Å². The summed E-state index contributed by atoms with van der Waals surface area (Å²) in [5.41, 5.74) is 4.07. The lowest BCUT2D eigenvalue weighted by molar-refractivity contribution is -0.136. The van der Waals surface area contributed by atoms with Gasteiger partial charge < -0.3 is 14.3 Å². The zero-order valence-electron chi connectivity index (χ0n) is 15.7. The number of carbonyl (C=O) groups excluding carboxylic acids is 1. The summed E-state index contributed by atoms with van der Waals surface area (Å²) in [5.74, 6) is -0.0847. The summed E-state index contributed by atoms with van der Waals surface area (Å²) in [7, 11) is 1.28. The number of benzene rings is 1. The van der Waals surface area contributed by atoms with E-state index in [0.29, 0.717) is 17.0 Å². The maximum atomic E-state index is 11.5. The van der Waals surface area contributed by atoms with Crippen molar-refractivity contribution in [2.75, 3.05) is 13.7 Å². The van der Waals surface area contributed by atoms with Crippen LogP contribution in [-0.4, -0.2) is 29.8 Å². The lowest BCUT2D eigenvalue weighted by Crippen LogP contribution is -2.08. The zero-order chi connectivity index (χ0) is 20.4. The quantitative estimate of drug-likeness (QED) is 0.361. The second kappa shape index (κ2) is 10.6. The number of ether oxygens (including phenoxy) is 1. The van der Waals surface area contributed by atoms with E-state index in [-0.39, 0.29) is 12.2 Å². The van der Waals surface area contributed by atoms with Gasteiger partial charge in [-0.15, -0.1) is 12.8 Å². The molecule has 1 N–H and O–H groups in total. The normalized spacial score (nSPS) is 12.3. The number of methoxy groups -OCH3 is 1. The van der Waals surface area contributed by atoms with Crippen molar-refractivity contribution < 1.29 is 19.1 Å². The number of hydrogen-bond acceptors (Lipinski definition) is 5. The van der Waals surface area contributed by atoms with Gasteiger partial charge in [-0.25, -0.2) is 9.78 Å². The van der Waals surface area contributed by atoms with Crippen LogP contribution in [0, 0.1) is 12.8 Å². The number of carbonyl (C=O) groups is 1. The number of rotatable bonds is 6. The van der Waals surface area contributed by atoms with E-state index in [9.17, 15) is 9.90 Å². The molecule has 0 unspecified atom stereocenters. The molecule has 0 saturated heterocycles. The number of allylic oxidation sites excluding steroid dienone is 6. The van der Waals surface area contributed by atoms with Gasteiger partial charge in [0.15, 0.2) is 5.58 Å².